The number of rotatable bonds is 7. The molecule has 0 heterocycles. The number of nitrogens with one attached hydrogen (secondary N) is 3. The van der Waals surface area contributed by atoms with Crippen LogP contribution in [0.1, 0.15) is 42.1 Å². The molecule has 0 saturated carbocycles. The highest BCUT2D eigenvalue weighted by Gasteiger charge is 2.11. The van der Waals surface area contributed by atoms with Gasteiger partial charge in [-0.2, -0.15) is 0 Å². The van der Waals surface area contributed by atoms with Gasteiger partial charge in [0, 0.05) is 5.56 Å². The van der Waals surface area contributed by atoms with Gasteiger partial charge in [-0.05, 0) is 83.0 Å². The van der Waals surface area contributed by atoms with Crippen molar-refractivity contribution in [2.24, 2.45) is 0 Å². The van der Waals surface area contributed by atoms with Crippen LogP contribution >= 0.6 is 34.8 Å². The van der Waals surface area contributed by atoms with Crippen LogP contribution in [0.3, 0.4) is 0 Å². The molecule has 0 fully saturated rings. The molecule has 0 spiro atoms. The highest BCUT2D eigenvalue weighted by molar-refractivity contribution is 14.1. The molecular formula is C21H24IN3O4S. The van der Waals surface area contributed by atoms with E-state index in [1.54, 1.807) is 25.3 Å². The third-order valence-corrected chi connectivity index (χ3v) is 5.44. The Hall–Kier alpha value is -2.40. The molecule has 1 atom stereocenters. The lowest BCUT2D eigenvalue weighted by atomic mass is 9.99. The van der Waals surface area contributed by atoms with Gasteiger partial charge < -0.3 is 9.47 Å². The van der Waals surface area contributed by atoms with Crippen molar-refractivity contribution in [2.75, 3.05) is 13.7 Å². The summed E-state index contributed by atoms with van der Waals surface area (Å²) < 4.78 is 11.4. The standard InChI is InChI=1S/C21H24IN3O4S/c1-4-13(2)14-5-8-16(9-6-14)29-12-19(26)24-25-21(30)23-20(27)15-7-10-18(28-3)17(22)11-15/h5-11,13H,4,12H2,1-3H3,(H,24,26)(H2,23,25,27,30). The maximum absolute atomic E-state index is 12.2. The molecule has 0 aliphatic heterocycles. The lowest BCUT2D eigenvalue weighted by molar-refractivity contribution is -0.123. The molecule has 0 bridgehead atoms. The maximum Gasteiger partial charge on any atom is 0.276 e. The first-order valence-electron chi connectivity index (χ1n) is 9.30. The van der Waals surface area contributed by atoms with Crippen molar-refractivity contribution in [3.8, 4) is 11.5 Å². The van der Waals surface area contributed by atoms with Crippen LogP contribution in [0.15, 0.2) is 42.5 Å². The molecule has 9 heteroatoms. The van der Waals surface area contributed by atoms with Crippen LogP contribution in [0.25, 0.3) is 0 Å². The van der Waals surface area contributed by atoms with E-state index in [2.05, 4.69) is 52.6 Å². The topological polar surface area (TPSA) is 88.7 Å². The summed E-state index contributed by atoms with van der Waals surface area (Å²) in [5.41, 5.74) is 6.51. The van der Waals surface area contributed by atoms with Gasteiger partial charge in [-0.1, -0.05) is 26.0 Å². The highest BCUT2D eigenvalue weighted by atomic mass is 127. The van der Waals surface area contributed by atoms with E-state index in [0.29, 0.717) is 23.0 Å². The molecule has 2 rings (SSSR count). The summed E-state index contributed by atoms with van der Waals surface area (Å²) >= 11 is 7.11. The second-order valence-electron chi connectivity index (χ2n) is 6.47. The molecule has 2 aromatic rings. The molecule has 160 valence electrons. The van der Waals surface area contributed by atoms with Crippen molar-refractivity contribution in [3.63, 3.8) is 0 Å². The highest BCUT2D eigenvalue weighted by Crippen LogP contribution is 2.22. The van der Waals surface area contributed by atoms with Crippen molar-refractivity contribution >= 4 is 51.7 Å². The first-order valence-corrected chi connectivity index (χ1v) is 10.8. The molecule has 2 amide bonds. The van der Waals surface area contributed by atoms with Gasteiger partial charge in [0.1, 0.15) is 11.5 Å². The third-order valence-electron chi connectivity index (χ3n) is 4.39. The average Bonchev–Trinajstić information content (AvgIpc) is 2.75. The zero-order chi connectivity index (χ0) is 22.1. The van der Waals surface area contributed by atoms with Crippen LogP contribution in [0.2, 0.25) is 0 Å². The molecule has 0 saturated heterocycles. The number of amides is 2. The van der Waals surface area contributed by atoms with Gasteiger partial charge >= 0.3 is 0 Å². The van der Waals surface area contributed by atoms with Crippen LogP contribution in [-0.2, 0) is 4.79 Å². The van der Waals surface area contributed by atoms with Crippen LogP contribution in [0.4, 0.5) is 0 Å². The van der Waals surface area contributed by atoms with E-state index in [4.69, 9.17) is 21.7 Å². The monoisotopic (exact) mass is 541 g/mol. The van der Waals surface area contributed by atoms with Crippen LogP contribution in [-0.4, -0.2) is 30.6 Å². The number of methoxy groups -OCH3 is 1. The Labute approximate surface area is 195 Å². The summed E-state index contributed by atoms with van der Waals surface area (Å²) in [6.45, 7) is 4.10. The van der Waals surface area contributed by atoms with Gasteiger partial charge in [0.15, 0.2) is 11.7 Å². The van der Waals surface area contributed by atoms with E-state index in [0.717, 1.165) is 9.99 Å². The molecule has 7 nitrogen and oxygen atoms in total. The Bertz CT molecular complexity index is 906. The fraction of sp³-hybridized carbons (Fsp3) is 0.286. The normalized spacial score (nSPS) is 11.2. The number of thiocarbonyl (C=S) groups is 1. The Kier molecular flexibility index (Phi) is 9.31. The van der Waals surface area contributed by atoms with E-state index in [9.17, 15) is 9.59 Å². The minimum Gasteiger partial charge on any atom is -0.496 e. The molecule has 0 aliphatic rings. The number of hydrogen-bond donors (Lipinski definition) is 3. The Morgan fingerprint density at radius 3 is 2.43 bits per heavy atom. The van der Waals surface area contributed by atoms with Gasteiger partial charge in [0.2, 0.25) is 0 Å². The van der Waals surface area contributed by atoms with Crippen LogP contribution < -0.4 is 25.6 Å². The molecule has 1 unspecified atom stereocenters. The number of hydrazine groups is 1. The second-order valence-corrected chi connectivity index (χ2v) is 8.04. The van der Waals surface area contributed by atoms with E-state index in [1.807, 2.05) is 24.3 Å². The van der Waals surface area contributed by atoms with Crippen molar-refractivity contribution in [2.45, 2.75) is 26.2 Å². The van der Waals surface area contributed by atoms with Crippen molar-refractivity contribution < 1.29 is 19.1 Å². The summed E-state index contributed by atoms with van der Waals surface area (Å²) in [5, 5.41) is 2.46. The van der Waals surface area contributed by atoms with E-state index < -0.39 is 11.8 Å². The van der Waals surface area contributed by atoms with Crippen molar-refractivity contribution in [1.82, 2.24) is 16.2 Å². The lowest BCUT2D eigenvalue weighted by Gasteiger charge is -2.13. The predicted octanol–water partition coefficient (Wildman–Crippen LogP) is 3.53. The fourth-order valence-electron chi connectivity index (χ4n) is 2.45. The number of halogens is 1. The summed E-state index contributed by atoms with van der Waals surface area (Å²) in [4.78, 5) is 24.2. The quantitative estimate of drug-likeness (QED) is 0.283. The summed E-state index contributed by atoms with van der Waals surface area (Å²) in [6, 6.07) is 12.7. The summed E-state index contributed by atoms with van der Waals surface area (Å²) in [7, 11) is 1.56. The number of carbonyl (C=O) groups excluding carboxylic acids is 2. The Morgan fingerprint density at radius 2 is 1.83 bits per heavy atom. The van der Waals surface area contributed by atoms with Crippen molar-refractivity contribution in [1.29, 1.82) is 0 Å². The fourth-order valence-corrected chi connectivity index (χ4v) is 3.33. The Balaban J connectivity index is 1.75. The minimum absolute atomic E-state index is 0.0305. The smallest absolute Gasteiger partial charge is 0.276 e. The minimum atomic E-state index is -0.434. The zero-order valence-corrected chi connectivity index (χ0v) is 19.9. The summed E-state index contributed by atoms with van der Waals surface area (Å²) in [5.74, 6) is 0.914. The third kappa shape index (κ3) is 7.13. The second kappa shape index (κ2) is 11.7. The number of benzene rings is 2. The van der Waals surface area contributed by atoms with E-state index in [-0.39, 0.29) is 11.7 Å². The average molecular weight is 541 g/mol. The Morgan fingerprint density at radius 1 is 1.13 bits per heavy atom. The zero-order valence-electron chi connectivity index (χ0n) is 17.0. The first kappa shape index (κ1) is 23.9. The predicted molar refractivity (Wildman–Crippen MR) is 128 cm³/mol. The van der Waals surface area contributed by atoms with Gasteiger partial charge in [-0.15, -0.1) is 0 Å². The van der Waals surface area contributed by atoms with Gasteiger partial charge in [0.05, 0.1) is 10.7 Å². The van der Waals surface area contributed by atoms with Crippen LogP contribution in [0, 0.1) is 3.57 Å². The maximum atomic E-state index is 12.2. The molecule has 3 N–H and O–H groups in total. The van der Waals surface area contributed by atoms with E-state index in [1.165, 1.54) is 5.56 Å². The number of ether oxygens (including phenoxy) is 2. The number of hydrogen-bond acceptors (Lipinski definition) is 5. The first-order chi connectivity index (χ1) is 14.3. The number of carbonyl (C=O) groups is 2. The largest absolute Gasteiger partial charge is 0.496 e. The van der Waals surface area contributed by atoms with E-state index >= 15 is 0 Å². The SMILES string of the molecule is CCC(C)c1ccc(OCC(=O)NNC(=S)NC(=O)c2ccc(OC)c(I)c2)cc1. The molecular weight excluding hydrogens is 517 g/mol. The molecule has 0 radical (unpaired) electrons. The van der Waals surface area contributed by atoms with Gasteiger partial charge in [-0.25, -0.2) is 0 Å². The van der Waals surface area contributed by atoms with Gasteiger partial charge in [-0.3, -0.25) is 25.8 Å². The molecule has 0 aliphatic carbocycles. The lowest BCUT2D eigenvalue weighted by Crippen LogP contribution is -2.49. The summed E-state index contributed by atoms with van der Waals surface area (Å²) in [6.07, 6.45) is 1.06. The molecule has 30 heavy (non-hydrogen) atoms. The molecule has 0 aromatic heterocycles. The van der Waals surface area contributed by atoms with Crippen molar-refractivity contribution in [3.05, 3.63) is 57.2 Å². The van der Waals surface area contributed by atoms with Crippen LogP contribution in [0.5, 0.6) is 11.5 Å². The van der Waals surface area contributed by atoms with Gasteiger partial charge in [0.25, 0.3) is 11.8 Å². The molecule has 2 aromatic carbocycles.